The molecule has 0 saturated carbocycles. The van der Waals surface area contributed by atoms with Crippen molar-refractivity contribution in [1.29, 1.82) is 0 Å². The van der Waals surface area contributed by atoms with Gasteiger partial charge in [-0.15, -0.1) is 11.3 Å². The summed E-state index contributed by atoms with van der Waals surface area (Å²) in [6.07, 6.45) is 2.93. The first-order valence-electron chi connectivity index (χ1n) is 9.52. The number of rotatable bonds is 6. The molecule has 1 saturated heterocycles. The minimum absolute atomic E-state index is 0.0453. The van der Waals surface area contributed by atoms with Crippen LogP contribution in [0.25, 0.3) is 10.1 Å². The Balaban J connectivity index is 1.50. The fourth-order valence-corrected chi connectivity index (χ4v) is 4.47. The molecule has 1 aliphatic heterocycles. The van der Waals surface area contributed by atoms with Crippen LogP contribution >= 0.6 is 11.3 Å². The molecular weight excluding hydrogens is 356 g/mol. The average Bonchev–Trinajstić information content (AvgIpc) is 3.08. The van der Waals surface area contributed by atoms with E-state index in [2.05, 4.69) is 28.8 Å². The molecule has 0 aliphatic carbocycles. The minimum Gasteiger partial charge on any atom is -0.488 e. The second-order valence-corrected chi connectivity index (χ2v) is 7.87. The van der Waals surface area contributed by atoms with Gasteiger partial charge in [-0.25, -0.2) is 0 Å². The molecule has 2 N–H and O–H groups in total. The summed E-state index contributed by atoms with van der Waals surface area (Å²) < 4.78 is 7.43. The Morgan fingerprint density at radius 3 is 2.63 bits per heavy atom. The van der Waals surface area contributed by atoms with Gasteiger partial charge in [0.2, 0.25) is 0 Å². The van der Waals surface area contributed by atoms with Gasteiger partial charge < -0.3 is 15.4 Å². The zero-order valence-electron chi connectivity index (χ0n) is 15.2. The van der Waals surface area contributed by atoms with Crippen molar-refractivity contribution in [2.24, 2.45) is 0 Å². The van der Waals surface area contributed by atoms with E-state index in [-0.39, 0.29) is 12.0 Å². The second-order valence-electron chi connectivity index (χ2n) is 6.82. The molecule has 0 radical (unpaired) electrons. The Morgan fingerprint density at radius 1 is 1.07 bits per heavy atom. The van der Waals surface area contributed by atoms with Gasteiger partial charge in [-0.2, -0.15) is 0 Å². The lowest BCUT2D eigenvalue weighted by atomic mass is 10.1. The first-order valence-corrected chi connectivity index (χ1v) is 10.3. The third-order valence-corrected chi connectivity index (χ3v) is 6.02. The van der Waals surface area contributed by atoms with Crippen molar-refractivity contribution in [3.63, 3.8) is 0 Å². The Kier molecular flexibility index (Phi) is 5.70. The van der Waals surface area contributed by atoms with E-state index in [1.807, 2.05) is 36.4 Å². The fraction of sp³-hybridized carbons (Fsp3) is 0.318. The highest BCUT2D eigenvalue weighted by Gasteiger charge is 2.23. The normalized spacial score (nSPS) is 15.0. The van der Waals surface area contributed by atoms with E-state index in [1.54, 1.807) is 0 Å². The number of hydrogen-bond acceptors (Lipinski definition) is 4. The van der Waals surface area contributed by atoms with Gasteiger partial charge in [-0.3, -0.25) is 4.79 Å². The number of fused-ring (bicyclic) bond motifs is 1. The van der Waals surface area contributed by atoms with Gasteiger partial charge >= 0.3 is 0 Å². The molecule has 5 heteroatoms. The largest absolute Gasteiger partial charge is 0.488 e. The molecule has 0 bridgehead atoms. The van der Waals surface area contributed by atoms with Crippen LogP contribution in [-0.4, -0.2) is 31.6 Å². The van der Waals surface area contributed by atoms with Gasteiger partial charge in [-0.05, 0) is 50.0 Å². The summed E-state index contributed by atoms with van der Waals surface area (Å²) in [5, 5.41) is 7.46. The third kappa shape index (κ3) is 4.31. The SMILES string of the molecule is O=C(NCCc1ccccc1)c1sc2ccccc2c1OC1CCNCC1. The summed E-state index contributed by atoms with van der Waals surface area (Å²) in [7, 11) is 0. The summed E-state index contributed by atoms with van der Waals surface area (Å²) >= 11 is 1.51. The first-order chi connectivity index (χ1) is 13.3. The zero-order chi connectivity index (χ0) is 18.5. The Hall–Kier alpha value is -2.37. The van der Waals surface area contributed by atoms with Crippen molar-refractivity contribution >= 4 is 27.3 Å². The molecule has 4 nitrogen and oxygen atoms in total. The van der Waals surface area contributed by atoms with Gasteiger partial charge in [0.05, 0.1) is 0 Å². The van der Waals surface area contributed by atoms with Gasteiger partial charge in [0.1, 0.15) is 11.0 Å². The molecule has 0 spiro atoms. The lowest BCUT2D eigenvalue weighted by Gasteiger charge is -2.24. The lowest BCUT2D eigenvalue weighted by molar-refractivity contribution is 0.0949. The number of piperidine rings is 1. The summed E-state index contributed by atoms with van der Waals surface area (Å²) in [6, 6.07) is 18.3. The van der Waals surface area contributed by atoms with Crippen LogP contribution in [0.2, 0.25) is 0 Å². The van der Waals surface area contributed by atoms with Crippen LogP contribution in [0.5, 0.6) is 5.75 Å². The smallest absolute Gasteiger partial charge is 0.265 e. The standard InChI is InChI=1S/C22H24N2O2S/c25-22(24-15-10-16-6-2-1-3-7-16)21-20(26-17-11-13-23-14-12-17)18-8-4-5-9-19(18)27-21/h1-9,17,23H,10-15H2,(H,24,25). The molecule has 4 rings (SSSR count). The van der Waals surface area contributed by atoms with E-state index < -0.39 is 0 Å². The number of ether oxygens (including phenoxy) is 1. The molecule has 1 aliphatic rings. The van der Waals surface area contributed by atoms with Gasteiger partial charge in [-0.1, -0.05) is 42.5 Å². The average molecular weight is 381 g/mol. The molecule has 140 valence electrons. The molecule has 2 heterocycles. The highest BCUT2D eigenvalue weighted by Crippen LogP contribution is 2.38. The van der Waals surface area contributed by atoms with Crippen LogP contribution in [-0.2, 0) is 6.42 Å². The summed E-state index contributed by atoms with van der Waals surface area (Å²) in [6.45, 7) is 2.54. The Labute approximate surface area is 163 Å². The molecule has 3 aromatic rings. The molecule has 1 fully saturated rings. The number of carbonyl (C=O) groups is 1. The monoisotopic (exact) mass is 380 g/mol. The number of benzene rings is 2. The third-order valence-electron chi connectivity index (χ3n) is 4.87. The predicted molar refractivity (Wildman–Crippen MR) is 111 cm³/mol. The van der Waals surface area contributed by atoms with E-state index in [0.717, 1.165) is 48.2 Å². The molecule has 0 atom stereocenters. The maximum atomic E-state index is 12.9. The number of thiophene rings is 1. The van der Waals surface area contributed by atoms with E-state index in [9.17, 15) is 4.79 Å². The Morgan fingerprint density at radius 2 is 1.81 bits per heavy atom. The highest BCUT2D eigenvalue weighted by molar-refractivity contribution is 7.21. The van der Waals surface area contributed by atoms with Crippen molar-refractivity contribution in [2.75, 3.05) is 19.6 Å². The van der Waals surface area contributed by atoms with Crippen molar-refractivity contribution in [3.8, 4) is 5.75 Å². The molecule has 2 aromatic carbocycles. The first kappa shape index (κ1) is 18.0. The van der Waals surface area contributed by atoms with Crippen LogP contribution < -0.4 is 15.4 Å². The van der Waals surface area contributed by atoms with Crippen LogP contribution in [0.4, 0.5) is 0 Å². The molecule has 27 heavy (non-hydrogen) atoms. The summed E-state index contributed by atoms with van der Waals surface area (Å²) in [4.78, 5) is 13.6. The van der Waals surface area contributed by atoms with Crippen LogP contribution in [0.15, 0.2) is 54.6 Å². The van der Waals surface area contributed by atoms with E-state index >= 15 is 0 Å². The fourth-order valence-electron chi connectivity index (χ4n) is 3.41. The van der Waals surface area contributed by atoms with Gasteiger partial charge in [0.15, 0.2) is 5.75 Å². The summed E-state index contributed by atoms with van der Waals surface area (Å²) in [5.74, 6) is 0.704. The van der Waals surface area contributed by atoms with E-state index in [1.165, 1.54) is 16.9 Å². The van der Waals surface area contributed by atoms with Crippen molar-refractivity contribution < 1.29 is 9.53 Å². The van der Waals surface area contributed by atoms with Crippen LogP contribution in [0.3, 0.4) is 0 Å². The molecular formula is C22H24N2O2S. The maximum absolute atomic E-state index is 12.9. The molecule has 1 amide bonds. The van der Waals surface area contributed by atoms with Gasteiger partial charge in [0, 0.05) is 16.6 Å². The highest BCUT2D eigenvalue weighted by atomic mass is 32.1. The van der Waals surface area contributed by atoms with E-state index in [4.69, 9.17) is 4.74 Å². The van der Waals surface area contributed by atoms with E-state index in [0.29, 0.717) is 11.4 Å². The number of amides is 1. The number of hydrogen-bond donors (Lipinski definition) is 2. The van der Waals surface area contributed by atoms with Crippen molar-refractivity contribution in [1.82, 2.24) is 10.6 Å². The van der Waals surface area contributed by atoms with Crippen LogP contribution in [0, 0.1) is 0 Å². The van der Waals surface area contributed by atoms with Crippen LogP contribution in [0.1, 0.15) is 28.1 Å². The van der Waals surface area contributed by atoms with Gasteiger partial charge in [0.25, 0.3) is 5.91 Å². The molecule has 0 unspecified atom stereocenters. The topological polar surface area (TPSA) is 50.4 Å². The summed E-state index contributed by atoms with van der Waals surface area (Å²) in [5.41, 5.74) is 1.22. The predicted octanol–water partition coefficient (Wildman–Crippen LogP) is 4.00. The quantitative estimate of drug-likeness (QED) is 0.679. The minimum atomic E-state index is -0.0453. The Bertz CT molecular complexity index is 901. The number of nitrogens with one attached hydrogen (secondary N) is 2. The lowest BCUT2D eigenvalue weighted by Crippen LogP contribution is -2.34. The van der Waals surface area contributed by atoms with Crippen molar-refractivity contribution in [3.05, 3.63) is 65.0 Å². The molecule has 1 aromatic heterocycles. The number of carbonyl (C=O) groups excluding carboxylic acids is 1. The second kappa shape index (κ2) is 8.55. The zero-order valence-corrected chi connectivity index (χ0v) is 16.1. The maximum Gasteiger partial charge on any atom is 0.265 e. The van der Waals surface area contributed by atoms with Crippen molar-refractivity contribution in [2.45, 2.75) is 25.4 Å².